The number of benzene rings is 2. The number of carbonyl (C=O) groups excluding carboxylic acids is 1. The Bertz CT molecular complexity index is 641. The van der Waals surface area contributed by atoms with Crippen LogP contribution < -0.4 is 15.4 Å². The van der Waals surface area contributed by atoms with E-state index < -0.39 is 0 Å². The highest BCUT2D eigenvalue weighted by Crippen LogP contribution is 2.13. The third-order valence-corrected chi connectivity index (χ3v) is 3.66. The monoisotopic (exact) mass is 312 g/mol. The molecule has 122 valence electrons. The number of urea groups is 1. The van der Waals surface area contributed by atoms with Crippen LogP contribution in [-0.2, 0) is 13.0 Å². The third kappa shape index (κ3) is 5.66. The van der Waals surface area contributed by atoms with Gasteiger partial charge < -0.3 is 15.4 Å². The molecule has 2 rings (SSSR count). The first-order valence-electron chi connectivity index (χ1n) is 7.97. The lowest BCUT2D eigenvalue weighted by Crippen LogP contribution is -2.37. The van der Waals surface area contributed by atoms with Crippen molar-refractivity contribution in [1.82, 2.24) is 10.6 Å². The van der Waals surface area contributed by atoms with E-state index in [1.165, 1.54) is 11.1 Å². The number of aryl methyl sites for hydroxylation is 2. The van der Waals surface area contributed by atoms with Crippen LogP contribution in [0, 0.1) is 6.92 Å². The number of amides is 2. The second-order valence-corrected chi connectivity index (χ2v) is 5.39. The van der Waals surface area contributed by atoms with Crippen LogP contribution in [0.4, 0.5) is 4.79 Å². The predicted molar refractivity (Wildman–Crippen MR) is 92.7 cm³/mol. The Labute approximate surface area is 137 Å². The van der Waals surface area contributed by atoms with Crippen molar-refractivity contribution in [3.05, 3.63) is 65.2 Å². The molecule has 2 aromatic rings. The van der Waals surface area contributed by atoms with Crippen LogP contribution in [0.2, 0.25) is 0 Å². The van der Waals surface area contributed by atoms with Gasteiger partial charge in [-0.2, -0.15) is 0 Å². The molecule has 2 aromatic carbocycles. The highest BCUT2D eigenvalue weighted by molar-refractivity contribution is 5.73. The number of rotatable bonds is 7. The maximum Gasteiger partial charge on any atom is 0.315 e. The molecule has 0 aromatic heterocycles. The first-order chi connectivity index (χ1) is 11.2. The minimum Gasteiger partial charge on any atom is -0.492 e. The molecule has 0 spiro atoms. The number of nitrogens with one attached hydrogen (secondary N) is 2. The van der Waals surface area contributed by atoms with E-state index in [0.717, 1.165) is 17.7 Å². The van der Waals surface area contributed by atoms with E-state index in [2.05, 4.69) is 23.6 Å². The van der Waals surface area contributed by atoms with E-state index in [1.807, 2.05) is 49.4 Å². The standard InChI is InChI=1S/C19H24N2O2/c1-3-16-8-6-10-18(13-16)23-12-11-20-19(22)21-14-17-9-5-4-7-15(17)2/h4-10,13H,3,11-12,14H2,1-2H3,(H2,20,21,22). The Morgan fingerprint density at radius 1 is 1.09 bits per heavy atom. The van der Waals surface area contributed by atoms with Gasteiger partial charge in [-0.1, -0.05) is 43.3 Å². The van der Waals surface area contributed by atoms with Crippen LogP contribution in [0.15, 0.2) is 48.5 Å². The van der Waals surface area contributed by atoms with Crippen LogP contribution in [0.1, 0.15) is 23.6 Å². The summed E-state index contributed by atoms with van der Waals surface area (Å²) in [5.74, 6) is 0.839. The average molecular weight is 312 g/mol. The van der Waals surface area contributed by atoms with Gasteiger partial charge in [0, 0.05) is 6.54 Å². The molecular formula is C19H24N2O2. The summed E-state index contributed by atoms with van der Waals surface area (Å²) in [6.45, 7) is 5.59. The molecule has 0 aliphatic heterocycles. The number of hydrogen-bond donors (Lipinski definition) is 2. The Balaban J connectivity index is 1.66. The van der Waals surface area contributed by atoms with Crippen molar-refractivity contribution in [3.63, 3.8) is 0 Å². The molecule has 0 fully saturated rings. The molecule has 0 aliphatic carbocycles. The van der Waals surface area contributed by atoms with E-state index in [0.29, 0.717) is 19.7 Å². The molecule has 23 heavy (non-hydrogen) atoms. The fourth-order valence-electron chi connectivity index (χ4n) is 2.24. The average Bonchev–Trinajstić information content (AvgIpc) is 2.58. The lowest BCUT2D eigenvalue weighted by molar-refractivity contribution is 0.236. The summed E-state index contributed by atoms with van der Waals surface area (Å²) in [5.41, 5.74) is 3.54. The molecule has 4 nitrogen and oxygen atoms in total. The lowest BCUT2D eigenvalue weighted by atomic mass is 10.1. The van der Waals surface area contributed by atoms with Gasteiger partial charge in [0.15, 0.2) is 0 Å². The smallest absolute Gasteiger partial charge is 0.315 e. The molecule has 0 bridgehead atoms. The second-order valence-electron chi connectivity index (χ2n) is 5.39. The number of carbonyl (C=O) groups is 1. The fraction of sp³-hybridized carbons (Fsp3) is 0.316. The van der Waals surface area contributed by atoms with Crippen LogP contribution >= 0.6 is 0 Å². The minimum absolute atomic E-state index is 0.181. The zero-order chi connectivity index (χ0) is 16.5. The largest absolute Gasteiger partial charge is 0.492 e. The van der Waals surface area contributed by atoms with Gasteiger partial charge in [-0.3, -0.25) is 0 Å². The summed E-state index contributed by atoms with van der Waals surface area (Å²) in [7, 11) is 0. The molecular weight excluding hydrogens is 288 g/mol. The summed E-state index contributed by atoms with van der Waals surface area (Å²) >= 11 is 0. The molecule has 0 unspecified atom stereocenters. The van der Waals surface area contributed by atoms with Crippen molar-refractivity contribution in [1.29, 1.82) is 0 Å². The first kappa shape index (κ1) is 16.9. The molecule has 2 amide bonds. The highest BCUT2D eigenvalue weighted by Gasteiger charge is 2.02. The maximum absolute atomic E-state index is 11.8. The molecule has 2 N–H and O–H groups in total. The Kier molecular flexibility index (Phi) is 6.48. The zero-order valence-electron chi connectivity index (χ0n) is 13.8. The maximum atomic E-state index is 11.8. The Hall–Kier alpha value is -2.49. The summed E-state index contributed by atoms with van der Waals surface area (Å²) < 4.78 is 5.64. The van der Waals surface area contributed by atoms with Crippen LogP contribution in [0.3, 0.4) is 0 Å². The van der Waals surface area contributed by atoms with Gasteiger partial charge in [0.05, 0.1) is 6.54 Å². The molecule has 0 saturated carbocycles. The molecule has 0 atom stereocenters. The van der Waals surface area contributed by atoms with E-state index in [1.54, 1.807) is 0 Å². The fourth-order valence-corrected chi connectivity index (χ4v) is 2.24. The van der Waals surface area contributed by atoms with E-state index >= 15 is 0 Å². The Morgan fingerprint density at radius 2 is 1.91 bits per heavy atom. The quantitative estimate of drug-likeness (QED) is 0.770. The minimum atomic E-state index is -0.181. The van der Waals surface area contributed by atoms with E-state index in [4.69, 9.17) is 4.74 Å². The van der Waals surface area contributed by atoms with Crippen molar-refractivity contribution in [2.24, 2.45) is 0 Å². The van der Waals surface area contributed by atoms with Gasteiger partial charge in [0.1, 0.15) is 12.4 Å². The number of ether oxygens (including phenoxy) is 1. The summed E-state index contributed by atoms with van der Waals surface area (Å²) in [4.78, 5) is 11.8. The third-order valence-electron chi connectivity index (χ3n) is 3.66. The van der Waals surface area contributed by atoms with Crippen molar-refractivity contribution in [2.45, 2.75) is 26.8 Å². The SMILES string of the molecule is CCc1cccc(OCCNC(=O)NCc2ccccc2C)c1. The van der Waals surface area contributed by atoms with Gasteiger partial charge in [-0.15, -0.1) is 0 Å². The van der Waals surface area contributed by atoms with Gasteiger partial charge in [0.25, 0.3) is 0 Å². The van der Waals surface area contributed by atoms with Gasteiger partial charge in [-0.05, 0) is 42.2 Å². The topological polar surface area (TPSA) is 50.4 Å². The van der Waals surface area contributed by atoms with Crippen LogP contribution in [0.5, 0.6) is 5.75 Å². The van der Waals surface area contributed by atoms with Crippen molar-refractivity contribution >= 4 is 6.03 Å². The molecule has 0 aliphatic rings. The molecule has 4 heteroatoms. The zero-order valence-corrected chi connectivity index (χ0v) is 13.8. The summed E-state index contributed by atoms with van der Waals surface area (Å²) in [6.07, 6.45) is 0.983. The highest BCUT2D eigenvalue weighted by atomic mass is 16.5. The normalized spacial score (nSPS) is 10.2. The van der Waals surface area contributed by atoms with Crippen molar-refractivity contribution in [3.8, 4) is 5.75 Å². The van der Waals surface area contributed by atoms with Crippen molar-refractivity contribution < 1.29 is 9.53 Å². The van der Waals surface area contributed by atoms with E-state index in [-0.39, 0.29) is 6.03 Å². The van der Waals surface area contributed by atoms with Crippen LogP contribution in [0.25, 0.3) is 0 Å². The summed E-state index contributed by atoms with van der Waals surface area (Å²) in [5, 5.41) is 5.65. The Morgan fingerprint density at radius 3 is 2.70 bits per heavy atom. The lowest BCUT2D eigenvalue weighted by Gasteiger charge is -2.10. The molecule has 0 radical (unpaired) electrons. The van der Waals surface area contributed by atoms with Crippen LogP contribution in [-0.4, -0.2) is 19.2 Å². The van der Waals surface area contributed by atoms with E-state index in [9.17, 15) is 4.79 Å². The predicted octanol–water partition coefficient (Wildman–Crippen LogP) is 3.44. The molecule has 0 heterocycles. The summed E-state index contributed by atoms with van der Waals surface area (Å²) in [6, 6.07) is 15.8. The van der Waals surface area contributed by atoms with Gasteiger partial charge >= 0.3 is 6.03 Å². The van der Waals surface area contributed by atoms with Gasteiger partial charge in [-0.25, -0.2) is 4.79 Å². The second kappa shape index (κ2) is 8.83. The van der Waals surface area contributed by atoms with Crippen molar-refractivity contribution in [2.75, 3.05) is 13.2 Å². The first-order valence-corrected chi connectivity index (χ1v) is 7.97. The van der Waals surface area contributed by atoms with Gasteiger partial charge in [0.2, 0.25) is 0 Å². The number of hydrogen-bond acceptors (Lipinski definition) is 2. The molecule has 0 saturated heterocycles.